The number of hydrogen-bond donors (Lipinski definition) is 1. The van der Waals surface area contributed by atoms with Crippen molar-refractivity contribution < 1.29 is 14.3 Å². The first-order chi connectivity index (χ1) is 14.6. The summed E-state index contributed by atoms with van der Waals surface area (Å²) >= 11 is 0. The van der Waals surface area contributed by atoms with E-state index in [1.54, 1.807) is 24.3 Å². The van der Waals surface area contributed by atoms with Crippen LogP contribution in [0.25, 0.3) is 5.57 Å². The maximum atomic E-state index is 13.1. The predicted molar refractivity (Wildman–Crippen MR) is 117 cm³/mol. The number of nitrogens with zero attached hydrogens (tertiary/aromatic N) is 3. The van der Waals surface area contributed by atoms with E-state index in [1.807, 2.05) is 17.0 Å². The van der Waals surface area contributed by atoms with Crippen molar-refractivity contribution >= 4 is 17.2 Å². The van der Waals surface area contributed by atoms with Crippen LogP contribution in [0.4, 0.5) is 10.1 Å². The maximum Gasteiger partial charge on any atom is 0.223 e. The van der Waals surface area contributed by atoms with Gasteiger partial charge in [0.15, 0.2) is 0 Å². The molecule has 0 unspecified atom stereocenters. The number of halogens is 1. The fourth-order valence-corrected chi connectivity index (χ4v) is 4.13. The molecule has 1 N–H and O–H groups in total. The summed E-state index contributed by atoms with van der Waals surface area (Å²) in [7, 11) is 0. The van der Waals surface area contributed by atoms with E-state index in [9.17, 15) is 14.3 Å². The average Bonchev–Trinajstić information content (AvgIpc) is 2.79. The Morgan fingerprint density at radius 2 is 1.63 bits per heavy atom. The van der Waals surface area contributed by atoms with Crippen LogP contribution in [0.3, 0.4) is 0 Å². The summed E-state index contributed by atoms with van der Waals surface area (Å²) in [4.78, 5) is 19.1. The zero-order valence-corrected chi connectivity index (χ0v) is 17.1. The second-order valence-electron chi connectivity index (χ2n) is 7.92. The number of anilines is 1. The normalized spacial score (nSPS) is 17.7. The second-order valence-corrected chi connectivity index (χ2v) is 7.92. The molecule has 0 atom stereocenters. The molecule has 1 fully saturated rings. The SMILES string of the molecule is O=C(CCN1CC=C(c2ccc(O)cc2)CC1)N1CCN(c2ccc(F)cc2)CC1. The molecule has 2 aliphatic rings. The van der Waals surface area contributed by atoms with Gasteiger partial charge in [-0.05, 0) is 54.0 Å². The summed E-state index contributed by atoms with van der Waals surface area (Å²) in [5, 5.41) is 9.43. The third-order valence-electron chi connectivity index (χ3n) is 6.00. The molecule has 0 spiro atoms. The fraction of sp³-hybridized carbons (Fsp3) is 0.375. The summed E-state index contributed by atoms with van der Waals surface area (Å²) in [6.45, 7) is 5.54. The highest BCUT2D eigenvalue weighted by Crippen LogP contribution is 2.24. The van der Waals surface area contributed by atoms with Gasteiger partial charge in [0.25, 0.3) is 0 Å². The Morgan fingerprint density at radius 3 is 2.27 bits per heavy atom. The Hall–Kier alpha value is -2.86. The standard InChI is InChI=1S/C24H28FN3O2/c25-21-3-5-22(6-4-21)27-15-17-28(18-16-27)24(30)11-14-26-12-9-20(10-13-26)19-1-7-23(29)8-2-19/h1-9,29H,10-18H2. The topological polar surface area (TPSA) is 47.0 Å². The number of carbonyl (C=O) groups excluding carboxylic acids is 1. The molecule has 6 heteroatoms. The van der Waals surface area contributed by atoms with Crippen molar-refractivity contribution in [1.29, 1.82) is 0 Å². The molecule has 158 valence electrons. The van der Waals surface area contributed by atoms with Gasteiger partial charge in [-0.15, -0.1) is 0 Å². The van der Waals surface area contributed by atoms with E-state index in [0.717, 1.165) is 50.4 Å². The first kappa shape index (κ1) is 20.4. The van der Waals surface area contributed by atoms with E-state index in [1.165, 1.54) is 17.7 Å². The molecule has 1 saturated heterocycles. The largest absolute Gasteiger partial charge is 0.508 e. The maximum absolute atomic E-state index is 13.1. The quantitative estimate of drug-likeness (QED) is 0.823. The number of rotatable bonds is 5. The molecule has 2 aromatic rings. The molecular formula is C24H28FN3O2. The van der Waals surface area contributed by atoms with Gasteiger partial charge in [-0.2, -0.15) is 0 Å². The van der Waals surface area contributed by atoms with Crippen LogP contribution in [0.15, 0.2) is 54.6 Å². The highest BCUT2D eigenvalue weighted by Gasteiger charge is 2.22. The number of hydrogen-bond acceptors (Lipinski definition) is 4. The second kappa shape index (κ2) is 9.30. The minimum absolute atomic E-state index is 0.210. The Kier molecular flexibility index (Phi) is 6.33. The third-order valence-corrected chi connectivity index (χ3v) is 6.00. The van der Waals surface area contributed by atoms with E-state index >= 15 is 0 Å². The summed E-state index contributed by atoms with van der Waals surface area (Å²) in [5.41, 5.74) is 3.46. The van der Waals surface area contributed by atoms with Gasteiger partial charge in [0, 0.05) is 57.9 Å². The number of phenolic OH excluding ortho intramolecular Hbond substituents is 1. The van der Waals surface area contributed by atoms with Gasteiger partial charge in [0.2, 0.25) is 5.91 Å². The van der Waals surface area contributed by atoms with Crippen LogP contribution in [0.2, 0.25) is 0 Å². The summed E-state index contributed by atoms with van der Waals surface area (Å²) in [6.07, 6.45) is 3.72. The van der Waals surface area contributed by atoms with Crippen molar-refractivity contribution in [3.05, 3.63) is 66.0 Å². The van der Waals surface area contributed by atoms with Gasteiger partial charge < -0.3 is 14.9 Å². The van der Waals surface area contributed by atoms with Crippen LogP contribution < -0.4 is 4.90 Å². The average molecular weight is 410 g/mol. The predicted octanol–water partition coefficient (Wildman–Crippen LogP) is 3.36. The van der Waals surface area contributed by atoms with Gasteiger partial charge in [-0.25, -0.2) is 4.39 Å². The molecular weight excluding hydrogens is 381 g/mol. The van der Waals surface area contributed by atoms with Crippen LogP contribution >= 0.6 is 0 Å². The van der Waals surface area contributed by atoms with Crippen LogP contribution in [-0.4, -0.2) is 66.6 Å². The molecule has 0 bridgehead atoms. The van der Waals surface area contributed by atoms with Crippen LogP contribution in [0, 0.1) is 5.82 Å². The van der Waals surface area contributed by atoms with Gasteiger partial charge in [0.1, 0.15) is 11.6 Å². The zero-order chi connectivity index (χ0) is 20.9. The minimum atomic E-state index is -0.227. The van der Waals surface area contributed by atoms with E-state index < -0.39 is 0 Å². The summed E-state index contributed by atoms with van der Waals surface area (Å²) < 4.78 is 13.1. The molecule has 30 heavy (non-hydrogen) atoms. The minimum Gasteiger partial charge on any atom is -0.508 e. The number of phenols is 1. The lowest BCUT2D eigenvalue weighted by atomic mass is 9.99. The first-order valence-electron chi connectivity index (χ1n) is 10.6. The van der Waals surface area contributed by atoms with E-state index in [-0.39, 0.29) is 17.5 Å². The fourth-order valence-electron chi connectivity index (χ4n) is 4.13. The van der Waals surface area contributed by atoms with Crippen molar-refractivity contribution in [2.24, 2.45) is 0 Å². The molecule has 0 aromatic heterocycles. The molecule has 5 nitrogen and oxygen atoms in total. The molecule has 4 rings (SSSR count). The number of carbonyl (C=O) groups is 1. The van der Waals surface area contributed by atoms with Gasteiger partial charge in [-0.3, -0.25) is 9.69 Å². The van der Waals surface area contributed by atoms with Crippen molar-refractivity contribution in [3.63, 3.8) is 0 Å². The van der Waals surface area contributed by atoms with Crippen LogP contribution in [0.1, 0.15) is 18.4 Å². The monoisotopic (exact) mass is 409 g/mol. The Labute approximate surface area is 177 Å². The lowest BCUT2D eigenvalue weighted by Crippen LogP contribution is -2.49. The van der Waals surface area contributed by atoms with Gasteiger partial charge in [-0.1, -0.05) is 18.2 Å². The van der Waals surface area contributed by atoms with E-state index in [4.69, 9.17) is 0 Å². The molecule has 2 aromatic carbocycles. The summed E-state index contributed by atoms with van der Waals surface area (Å²) in [6, 6.07) is 13.9. The van der Waals surface area contributed by atoms with E-state index in [0.29, 0.717) is 19.5 Å². The van der Waals surface area contributed by atoms with E-state index in [2.05, 4.69) is 15.9 Å². The van der Waals surface area contributed by atoms with Gasteiger partial charge in [0.05, 0.1) is 0 Å². The molecule has 2 aliphatic heterocycles. The molecule has 0 aliphatic carbocycles. The summed E-state index contributed by atoms with van der Waals surface area (Å²) in [5.74, 6) is 0.270. The lowest BCUT2D eigenvalue weighted by molar-refractivity contribution is -0.131. The Bertz CT molecular complexity index is 888. The lowest BCUT2D eigenvalue weighted by Gasteiger charge is -2.36. The number of benzene rings is 2. The number of piperazine rings is 1. The molecule has 0 radical (unpaired) electrons. The Balaban J connectivity index is 1.21. The molecule has 2 heterocycles. The smallest absolute Gasteiger partial charge is 0.223 e. The third kappa shape index (κ3) is 5.00. The van der Waals surface area contributed by atoms with Gasteiger partial charge >= 0.3 is 0 Å². The number of aromatic hydroxyl groups is 1. The van der Waals surface area contributed by atoms with Crippen molar-refractivity contribution in [3.8, 4) is 5.75 Å². The van der Waals surface area contributed by atoms with Crippen molar-refractivity contribution in [1.82, 2.24) is 9.80 Å². The first-order valence-corrected chi connectivity index (χ1v) is 10.6. The molecule has 0 saturated carbocycles. The highest BCUT2D eigenvalue weighted by molar-refractivity contribution is 5.76. The van der Waals surface area contributed by atoms with Crippen molar-refractivity contribution in [2.75, 3.05) is 50.7 Å². The number of amides is 1. The Morgan fingerprint density at radius 1 is 0.933 bits per heavy atom. The van der Waals surface area contributed by atoms with Crippen LogP contribution in [0.5, 0.6) is 5.75 Å². The zero-order valence-electron chi connectivity index (χ0n) is 17.1. The molecule has 1 amide bonds. The van der Waals surface area contributed by atoms with Crippen LogP contribution in [-0.2, 0) is 4.79 Å². The highest BCUT2D eigenvalue weighted by atomic mass is 19.1. The van der Waals surface area contributed by atoms with Crippen molar-refractivity contribution in [2.45, 2.75) is 12.8 Å².